The molecule has 1 atom stereocenters. The Hall–Kier alpha value is -2.25. The van der Waals surface area contributed by atoms with E-state index in [-0.39, 0.29) is 30.3 Å². The molecule has 23 heavy (non-hydrogen) atoms. The van der Waals surface area contributed by atoms with E-state index in [1.807, 2.05) is 17.5 Å². The second-order valence-electron chi connectivity index (χ2n) is 5.16. The summed E-state index contributed by atoms with van der Waals surface area (Å²) in [4.78, 5) is 25.9. The van der Waals surface area contributed by atoms with Gasteiger partial charge >= 0.3 is 6.03 Å². The molecule has 0 spiro atoms. The van der Waals surface area contributed by atoms with Crippen LogP contribution in [-0.2, 0) is 4.79 Å². The Balaban J connectivity index is 1.73. The molecule has 0 bridgehead atoms. The molecule has 1 aromatic heterocycles. The predicted molar refractivity (Wildman–Crippen MR) is 85.7 cm³/mol. The Morgan fingerprint density at radius 3 is 2.74 bits per heavy atom. The fourth-order valence-electron chi connectivity index (χ4n) is 2.49. The van der Waals surface area contributed by atoms with Gasteiger partial charge in [0.2, 0.25) is 5.91 Å². The molecule has 2 heterocycles. The third-order valence-corrected chi connectivity index (χ3v) is 4.58. The zero-order chi connectivity index (χ0) is 16.2. The molecule has 1 aliphatic heterocycles. The molecule has 1 aromatic carbocycles. The Labute approximate surface area is 137 Å². The van der Waals surface area contributed by atoms with Gasteiger partial charge in [0.25, 0.3) is 0 Å². The third-order valence-electron chi connectivity index (χ3n) is 3.65. The summed E-state index contributed by atoms with van der Waals surface area (Å²) in [5.74, 6) is -0.577. The van der Waals surface area contributed by atoms with Crippen LogP contribution in [0.4, 0.5) is 9.18 Å². The number of halogens is 1. The second kappa shape index (κ2) is 6.89. The number of urea groups is 1. The van der Waals surface area contributed by atoms with Crippen LogP contribution < -0.4 is 10.6 Å². The standard InChI is InChI=1S/C16H16FN3O2S/c17-12-5-3-11(4-6-12)15(13-2-1-9-23-13)19-10-14(21)20-8-7-18-16(20)22/h1-6,9,15,19H,7-8,10H2,(H,18,22)/t15-/m1/s1. The number of imide groups is 1. The van der Waals surface area contributed by atoms with Gasteiger partial charge in [-0.25, -0.2) is 9.18 Å². The van der Waals surface area contributed by atoms with Crippen LogP contribution in [0, 0.1) is 5.82 Å². The molecule has 5 nitrogen and oxygen atoms in total. The highest BCUT2D eigenvalue weighted by atomic mass is 32.1. The van der Waals surface area contributed by atoms with Crippen molar-refractivity contribution in [3.8, 4) is 0 Å². The van der Waals surface area contributed by atoms with Gasteiger partial charge in [0.05, 0.1) is 12.6 Å². The summed E-state index contributed by atoms with van der Waals surface area (Å²) in [6, 6.07) is 9.49. The van der Waals surface area contributed by atoms with Crippen molar-refractivity contribution in [2.75, 3.05) is 19.6 Å². The van der Waals surface area contributed by atoms with Crippen LogP contribution in [-0.4, -0.2) is 36.5 Å². The van der Waals surface area contributed by atoms with E-state index in [0.717, 1.165) is 10.4 Å². The number of amides is 3. The summed E-state index contributed by atoms with van der Waals surface area (Å²) < 4.78 is 13.1. The Kier molecular flexibility index (Phi) is 4.68. The Bertz CT molecular complexity index is 688. The van der Waals surface area contributed by atoms with Crippen molar-refractivity contribution in [1.82, 2.24) is 15.5 Å². The first-order valence-electron chi connectivity index (χ1n) is 7.25. The van der Waals surface area contributed by atoms with Gasteiger partial charge in [-0.3, -0.25) is 15.0 Å². The van der Waals surface area contributed by atoms with Gasteiger partial charge in [0, 0.05) is 18.0 Å². The van der Waals surface area contributed by atoms with E-state index in [1.54, 1.807) is 23.5 Å². The maximum atomic E-state index is 13.1. The molecule has 1 aliphatic rings. The van der Waals surface area contributed by atoms with Crippen molar-refractivity contribution in [2.45, 2.75) is 6.04 Å². The van der Waals surface area contributed by atoms with Crippen LogP contribution in [0.1, 0.15) is 16.5 Å². The van der Waals surface area contributed by atoms with Crippen molar-refractivity contribution in [3.63, 3.8) is 0 Å². The molecule has 0 saturated carbocycles. The molecule has 2 aromatic rings. The van der Waals surface area contributed by atoms with Crippen molar-refractivity contribution >= 4 is 23.3 Å². The van der Waals surface area contributed by atoms with Gasteiger partial charge < -0.3 is 5.32 Å². The number of hydrogen-bond donors (Lipinski definition) is 2. The number of nitrogens with one attached hydrogen (secondary N) is 2. The lowest BCUT2D eigenvalue weighted by Crippen LogP contribution is -2.41. The molecule has 3 amide bonds. The number of benzene rings is 1. The van der Waals surface area contributed by atoms with E-state index in [4.69, 9.17) is 0 Å². The Morgan fingerprint density at radius 2 is 2.13 bits per heavy atom. The lowest BCUT2D eigenvalue weighted by atomic mass is 10.1. The molecule has 7 heteroatoms. The molecular weight excluding hydrogens is 317 g/mol. The van der Waals surface area contributed by atoms with Gasteiger partial charge in [-0.2, -0.15) is 0 Å². The zero-order valence-corrected chi connectivity index (χ0v) is 13.1. The average molecular weight is 333 g/mol. The number of hydrogen-bond acceptors (Lipinski definition) is 4. The van der Waals surface area contributed by atoms with Crippen LogP contribution in [0.25, 0.3) is 0 Å². The molecule has 0 radical (unpaired) electrons. The van der Waals surface area contributed by atoms with Crippen molar-refractivity contribution < 1.29 is 14.0 Å². The Morgan fingerprint density at radius 1 is 1.35 bits per heavy atom. The minimum absolute atomic E-state index is 0.0351. The summed E-state index contributed by atoms with van der Waals surface area (Å²) in [6.07, 6.45) is 0. The van der Waals surface area contributed by atoms with Crippen molar-refractivity contribution in [3.05, 3.63) is 58.0 Å². The summed E-state index contributed by atoms with van der Waals surface area (Å²) >= 11 is 1.55. The van der Waals surface area contributed by atoms with Crippen molar-refractivity contribution in [1.29, 1.82) is 0 Å². The lowest BCUT2D eigenvalue weighted by Gasteiger charge is -2.19. The molecule has 3 rings (SSSR count). The number of rotatable bonds is 5. The van der Waals surface area contributed by atoms with E-state index in [2.05, 4.69) is 10.6 Å². The highest BCUT2D eigenvalue weighted by Crippen LogP contribution is 2.26. The van der Waals surface area contributed by atoms with E-state index in [0.29, 0.717) is 13.1 Å². The first-order chi connectivity index (χ1) is 11.1. The maximum absolute atomic E-state index is 13.1. The largest absolute Gasteiger partial charge is 0.336 e. The van der Waals surface area contributed by atoms with Gasteiger partial charge in [0.15, 0.2) is 0 Å². The molecule has 0 unspecified atom stereocenters. The van der Waals surface area contributed by atoms with E-state index in [9.17, 15) is 14.0 Å². The number of carbonyl (C=O) groups excluding carboxylic acids is 2. The summed E-state index contributed by atoms with van der Waals surface area (Å²) in [5, 5.41) is 7.72. The van der Waals surface area contributed by atoms with E-state index in [1.165, 1.54) is 17.0 Å². The lowest BCUT2D eigenvalue weighted by molar-refractivity contribution is -0.126. The number of nitrogens with zero attached hydrogens (tertiary/aromatic N) is 1. The smallest absolute Gasteiger partial charge is 0.324 e. The molecule has 1 saturated heterocycles. The van der Waals surface area contributed by atoms with Crippen molar-refractivity contribution in [2.24, 2.45) is 0 Å². The van der Waals surface area contributed by atoms with Gasteiger partial charge in [-0.15, -0.1) is 11.3 Å². The fraction of sp³-hybridized carbons (Fsp3) is 0.250. The van der Waals surface area contributed by atoms with E-state index < -0.39 is 0 Å². The summed E-state index contributed by atoms with van der Waals surface area (Å²) in [7, 11) is 0. The summed E-state index contributed by atoms with van der Waals surface area (Å²) in [5.41, 5.74) is 0.868. The summed E-state index contributed by atoms with van der Waals surface area (Å²) in [6.45, 7) is 0.907. The maximum Gasteiger partial charge on any atom is 0.324 e. The van der Waals surface area contributed by atoms with Gasteiger partial charge in [0.1, 0.15) is 5.82 Å². The molecule has 120 valence electrons. The average Bonchev–Trinajstić information content (AvgIpc) is 3.20. The zero-order valence-electron chi connectivity index (χ0n) is 12.3. The number of thiophene rings is 1. The third kappa shape index (κ3) is 3.57. The highest BCUT2D eigenvalue weighted by molar-refractivity contribution is 7.10. The normalized spacial score (nSPS) is 15.5. The molecular formula is C16H16FN3O2S. The first kappa shape index (κ1) is 15.6. The SMILES string of the molecule is O=C(CN[C@H](c1ccc(F)cc1)c1cccs1)N1CCNC1=O. The quantitative estimate of drug-likeness (QED) is 0.881. The van der Waals surface area contributed by atoms with Crippen LogP contribution in [0.2, 0.25) is 0 Å². The second-order valence-corrected chi connectivity index (χ2v) is 6.14. The molecule has 1 fully saturated rings. The van der Waals surface area contributed by atoms with Crippen LogP contribution >= 0.6 is 11.3 Å². The number of carbonyl (C=O) groups is 2. The van der Waals surface area contributed by atoms with Gasteiger partial charge in [-0.1, -0.05) is 18.2 Å². The molecule has 2 N–H and O–H groups in total. The van der Waals surface area contributed by atoms with E-state index >= 15 is 0 Å². The molecule has 0 aliphatic carbocycles. The monoisotopic (exact) mass is 333 g/mol. The fourth-order valence-corrected chi connectivity index (χ4v) is 3.31. The topological polar surface area (TPSA) is 61.4 Å². The minimum atomic E-state index is -0.355. The highest BCUT2D eigenvalue weighted by Gasteiger charge is 2.26. The first-order valence-corrected chi connectivity index (χ1v) is 8.13. The van der Waals surface area contributed by atoms with Crippen LogP contribution in [0.15, 0.2) is 41.8 Å². The minimum Gasteiger partial charge on any atom is -0.336 e. The predicted octanol–water partition coefficient (Wildman–Crippen LogP) is 2.12. The van der Waals surface area contributed by atoms with Crippen LogP contribution in [0.5, 0.6) is 0 Å². The van der Waals surface area contributed by atoms with Crippen LogP contribution in [0.3, 0.4) is 0 Å². The van der Waals surface area contributed by atoms with Gasteiger partial charge in [-0.05, 0) is 29.1 Å².